The highest BCUT2D eigenvalue weighted by Crippen LogP contribution is 2.17. The standard InChI is InChI=1S/C13H13BrN2O/c1-17-13-8-4-7-12(16-13)15-9-10-5-2-3-6-11(10)14/h2-8H,9H2,1H3,(H,15,16). The summed E-state index contributed by atoms with van der Waals surface area (Å²) in [4.78, 5) is 4.29. The van der Waals surface area contributed by atoms with Crippen molar-refractivity contribution in [3.63, 3.8) is 0 Å². The quantitative estimate of drug-likeness (QED) is 0.937. The summed E-state index contributed by atoms with van der Waals surface area (Å²) in [5, 5.41) is 3.26. The zero-order valence-corrected chi connectivity index (χ0v) is 11.1. The van der Waals surface area contributed by atoms with E-state index in [2.05, 4.69) is 32.3 Å². The van der Waals surface area contributed by atoms with Crippen LogP contribution in [0.15, 0.2) is 46.9 Å². The smallest absolute Gasteiger partial charge is 0.214 e. The van der Waals surface area contributed by atoms with E-state index >= 15 is 0 Å². The number of pyridine rings is 1. The van der Waals surface area contributed by atoms with Gasteiger partial charge in [0.25, 0.3) is 0 Å². The van der Waals surface area contributed by atoms with Crippen LogP contribution in [0.5, 0.6) is 5.88 Å². The second-order valence-corrected chi connectivity index (χ2v) is 4.36. The number of hydrogen-bond donors (Lipinski definition) is 1. The van der Waals surface area contributed by atoms with Gasteiger partial charge in [-0.2, -0.15) is 4.98 Å². The van der Waals surface area contributed by atoms with E-state index in [9.17, 15) is 0 Å². The van der Waals surface area contributed by atoms with E-state index < -0.39 is 0 Å². The average molecular weight is 293 g/mol. The van der Waals surface area contributed by atoms with Gasteiger partial charge >= 0.3 is 0 Å². The van der Waals surface area contributed by atoms with Gasteiger partial charge < -0.3 is 10.1 Å². The lowest BCUT2D eigenvalue weighted by atomic mass is 10.2. The van der Waals surface area contributed by atoms with E-state index in [1.54, 1.807) is 7.11 Å². The van der Waals surface area contributed by atoms with Crippen molar-refractivity contribution in [3.8, 4) is 5.88 Å². The molecule has 1 heterocycles. The number of rotatable bonds is 4. The maximum Gasteiger partial charge on any atom is 0.214 e. The van der Waals surface area contributed by atoms with Gasteiger partial charge in [-0.05, 0) is 17.7 Å². The minimum atomic E-state index is 0.613. The van der Waals surface area contributed by atoms with Crippen molar-refractivity contribution in [2.75, 3.05) is 12.4 Å². The fourth-order valence-electron chi connectivity index (χ4n) is 1.45. The number of aromatic nitrogens is 1. The number of anilines is 1. The second kappa shape index (κ2) is 5.68. The van der Waals surface area contributed by atoms with E-state index in [1.807, 2.05) is 36.4 Å². The Hall–Kier alpha value is -1.55. The average Bonchev–Trinajstić information content (AvgIpc) is 2.38. The summed E-state index contributed by atoms with van der Waals surface area (Å²) in [7, 11) is 1.61. The van der Waals surface area contributed by atoms with Gasteiger partial charge in [0.05, 0.1) is 7.11 Å². The molecule has 0 atom stereocenters. The Morgan fingerprint density at radius 3 is 2.76 bits per heavy atom. The second-order valence-electron chi connectivity index (χ2n) is 3.51. The van der Waals surface area contributed by atoms with E-state index in [0.717, 1.165) is 16.8 Å². The summed E-state index contributed by atoms with van der Waals surface area (Å²) in [6, 6.07) is 13.8. The SMILES string of the molecule is COc1cccc(NCc2ccccc2Br)n1. The molecule has 0 fully saturated rings. The predicted molar refractivity (Wildman–Crippen MR) is 72.3 cm³/mol. The van der Waals surface area contributed by atoms with Crippen LogP contribution in [0.25, 0.3) is 0 Å². The van der Waals surface area contributed by atoms with E-state index in [1.165, 1.54) is 5.56 Å². The number of methoxy groups -OCH3 is 1. The summed E-state index contributed by atoms with van der Waals surface area (Å²) >= 11 is 3.51. The maximum absolute atomic E-state index is 5.07. The third kappa shape index (κ3) is 3.20. The first-order valence-electron chi connectivity index (χ1n) is 5.28. The van der Waals surface area contributed by atoms with E-state index in [4.69, 9.17) is 4.74 Å². The largest absolute Gasteiger partial charge is 0.481 e. The monoisotopic (exact) mass is 292 g/mol. The van der Waals surface area contributed by atoms with Crippen LogP contribution in [-0.4, -0.2) is 12.1 Å². The fourth-order valence-corrected chi connectivity index (χ4v) is 1.88. The number of ether oxygens (including phenoxy) is 1. The van der Waals surface area contributed by atoms with Crippen molar-refractivity contribution in [3.05, 3.63) is 52.5 Å². The molecule has 1 aromatic carbocycles. The summed E-state index contributed by atoms with van der Waals surface area (Å²) in [5.41, 5.74) is 1.19. The number of halogens is 1. The summed E-state index contributed by atoms with van der Waals surface area (Å²) in [6.45, 7) is 0.724. The molecule has 0 spiro atoms. The van der Waals surface area contributed by atoms with Crippen LogP contribution in [0.1, 0.15) is 5.56 Å². The van der Waals surface area contributed by atoms with Crippen LogP contribution in [0.2, 0.25) is 0 Å². The van der Waals surface area contributed by atoms with Gasteiger partial charge in [-0.25, -0.2) is 0 Å². The van der Waals surface area contributed by atoms with Crippen molar-refractivity contribution < 1.29 is 4.74 Å². The molecule has 0 aliphatic rings. The minimum absolute atomic E-state index is 0.613. The molecule has 0 amide bonds. The molecule has 0 bridgehead atoms. The van der Waals surface area contributed by atoms with Gasteiger partial charge in [0.15, 0.2) is 0 Å². The van der Waals surface area contributed by atoms with Crippen molar-refractivity contribution in [1.82, 2.24) is 4.98 Å². The topological polar surface area (TPSA) is 34.1 Å². The zero-order valence-electron chi connectivity index (χ0n) is 9.48. The Kier molecular flexibility index (Phi) is 3.98. The van der Waals surface area contributed by atoms with Gasteiger partial charge in [-0.15, -0.1) is 0 Å². The van der Waals surface area contributed by atoms with Gasteiger partial charge in [0, 0.05) is 17.1 Å². The molecule has 3 nitrogen and oxygen atoms in total. The third-order valence-electron chi connectivity index (χ3n) is 2.35. The molecular weight excluding hydrogens is 280 g/mol. The molecule has 2 rings (SSSR count). The highest BCUT2D eigenvalue weighted by molar-refractivity contribution is 9.10. The number of hydrogen-bond acceptors (Lipinski definition) is 3. The van der Waals surface area contributed by atoms with Crippen LogP contribution in [0, 0.1) is 0 Å². The molecule has 0 unspecified atom stereocenters. The Labute approximate surface area is 109 Å². The molecule has 1 aromatic heterocycles. The third-order valence-corrected chi connectivity index (χ3v) is 3.12. The number of benzene rings is 1. The summed E-state index contributed by atoms with van der Waals surface area (Å²) in [5.74, 6) is 1.42. The molecule has 4 heteroatoms. The molecule has 0 aliphatic heterocycles. The summed E-state index contributed by atoms with van der Waals surface area (Å²) in [6.07, 6.45) is 0. The van der Waals surface area contributed by atoms with Gasteiger partial charge in [0.2, 0.25) is 5.88 Å². The first-order chi connectivity index (χ1) is 8.29. The lowest BCUT2D eigenvalue weighted by Gasteiger charge is -2.08. The van der Waals surface area contributed by atoms with Crippen molar-refractivity contribution >= 4 is 21.7 Å². The van der Waals surface area contributed by atoms with Crippen LogP contribution < -0.4 is 10.1 Å². The van der Waals surface area contributed by atoms with Crippen molar-refractivity contribution in [2.24, 2.45) is 0 Å². The molecular formula is C13H13BrN2O. The minimum Gasteiger partial charge on any atom is -0.481 e. The fraction of sp³-hybridized carbons (Fsp3) is 0.154. The molecule has 2 aromatic rings. The molecule has 0 saturated carbocycles. The predicted octanol–water partition coefficient (Wildman–Crippen LogP) is 3.46. The summed E-state index contributed by atoms with van der Waals surface area (Å²) < 4.78 is 6.16. The molecule has 88 valence electrons. The number of nitrogens with one attached hydrogen (secondary N) is 1. The first kappa shape index (κ1) is 11.9. The van der Waals surface area contributed by atoms with Gasteiger partial charge in [-0.3, -0.25) is 0 Å². The first-order valence-corrected chi connectivity index (χ1v) is 6.07. The maximum atomic E-state index is 5.07. The van der Waals surface area contributed by atoms with Crippen molar-refractivity contribution in [2.45, 2.75) is 6.54 Å². The Bertz CT molecular complexity index is 502. The van der Waals surface area contributed by atoms with Crippen LogP contribution >= 0.6 is 15.9 Å². The molecule has 17 heavy (non-hydrogen) atoms. The van der Waals surface area contributed by atoms with Crippen molar-refractivity contribution in [1.29, 1.82) is 0 Å². The van der Waals surface area contributed by atoms with Crippen LogP contribution in [0.4, 0.5) is 5.82 Å². The van der Waals surface area contributed by atoms with Crippen LogP contribution in [-0.2, 0) is 6.54 Å². The Morgan fingerprint density at radius 1 is 1.18 bits per heavy atom. The zero-order chi connectivity index (χ0) is 12.1. The van der Waals surface area contributed by atoms with Crippen LogP contribution in [0.3, 0.4) is 0 Å². The Balaban J connectivity index is 2.05. The highest BCUT2D eigenvalue weighted by Gasteiger charge is 2.00. The normalized spacial score (nSPS) is 10.0. The highest BCUT2D eigenvalue weighted by atomic mass is 79.9. The molecule has 1 N–H and O–H groups in total. The molecule has 0 radical (unpaired) electrons. The molecule has 0 aliphatic carbocycles. The Morgan fingerprint density at radius 2 is 2.00 bits per heavy atom. The number of nitrogens with zero attached hydrogens (tertiary/aromatic N) is 1. The van der Waals surface area contributed by atoms with E-state index in [0.29, 0.717) is 5.88 Å². The van der Waals surface area contributed by atoms with Gasteiger partial charge in [-0.1, -0.05) is 40.2 Å². The lowest BCUT2D eigenvalue weighted by molar-refractivity contribution is 0.398. The van der Waals surface area contributed by atoms with Gasteiger partial charge in [0.1, 0.15) is 5.82 Å². The van der Waals surface area contributed by atoms with E-state index in [-0.39, 0.29) is 0 Å². The lowest BCUT2D eigenvalue weighted by Crippen LogP contribution is -2.02. The molecule has 0 saturated heterocycles.